The highest BCUT2D eigenvalue weighted by atomic mass is 127. The van der Waals surface area contributed by atoms with Crippen molar-refractivity contribution in [2.24, 2.45) is 0 Å². The normalized spacial score (nSPS) is 21.3. The minimum absolute atomic E-state index is 0.162. The summed E-state index contributed by atoms with van der Waals surface area (Å²) < 4.78 is 25.7. The summed E-state index contributed by atoms with van der Waals surface area (Å²) in [4.78, 5) is 6.60. The zero-order valence-corrected chi connectivity index (χ0v) is 15.2. The first-order valence-corrected chi connectivity index (χ1v) is 8.58. The third-order valence-electron chi connectivity index (χ3n) is 3.59. The monoisotopic (exact) mass is 428 g/mol. The van der Waals surface area contributed by atoms with Crippen molar-refractivity contribution in [2.75, 3.05) is 18.0 Å². The number of halogens is 2. The van der Waals surface area contributed by atoms with Crippen LogP contribution in [0.4, 0.5) is 10.2 Å². The molecule has 0 spiro atoms. The van der Waals surface area contributed by atoms with E-state index in [9.17, 15) is 4.39 Å². The second-order valence-corrected chi connectivity index (χ2v) is 6.85. The molecule has 3 rings (SSSR count). The van der Waals surface area contributed by atoms with E-state index in [-0.39, 0.29) is 18.0 Å². The highest BCUT2D eigenvalue weighted by molar-refractivity contribution is 14.1. The minimum Gasteiger partial charge on any atom is -0.457 e. The molecule has 1 fully saturated rings. The number of nitrogens with zero attached hydrogens (tertiary/aromatic N) is 2. The zero-order valence-electron chi connectivity index (χ0n) is 13.0. The van der Waals surface area contributed by atoms with Gasteiger partial charge in [-0.05, 0) is 54.6 Å². The molecule has 23 heavy (non-hydrogen) atoms. The molecule has 0 aliphatic carbocycles. The Labute approximate surface area is 148 Å². The van der Waals surface area contributed by atoms with Gasteiger partial charge in [0.1, 0.15) is 23.1 Å². The molecule has 1 aromatic carbocycles. The maximum Gasteiger partial charge on any atom is 0.140 e. The lowest BCUT2D eigenvalue weighted by molar-refractivity contribution is -0.00547. The lowest BCUT2D eigenvalue weighted by atomic mass is 10.2. The lowest BCUT2D eigenvalue weighted by Crippen LogP contribution is -2.45. The van der Waals surface area contributed by atoms with Crippen LogP contribution < -0.4 is 9.64 Å². The van der Waals surface area contributed by atoms with E-state index in [1.54, 1.807) is 24.4 Å². The number of hydrogen-bond donors (Lipinski definition) is 0. The van der Waals surface area contributed by atoms with Crippen LogP contribution in [0.15, 0.2) is 36.5 Å². The molecule has 0 bridgehead atoms. The van der Waals surface area contributed by atoms with Gasteiger partial charge in [0.25, 0.3) is 0 Å². The Morgan fingerprint density at radius 2 is 1.87 bits per heavy atom. The number of hydrogen-bond acceptors (Lipinski definition) is 4. The molecule has 4 nitrogen and oxygen atoms in total. The van der Waals surface area contributed by atoms with Gasteiger partial charge < -0.3 is 14.4 Å². The topological polar surface area (TPSA) is 34.6 Å². The van der Waals surface area contributed by atoms with Crippen molar-refractivity contribution in [3.05, 3.63) is 45.9 Å². The van der Waals surface area contributed by atoms with Gasteiger partial charge in [-0.2, -0.15) is 0 Å². The first-order valence-electron chi connectivity index (χ1n) is 7.50. The second-order valence-electron chi connectivity index (χ2n) is 5.69. The van der Waals surface area contributed by atoms with E-state index < -0.39 is 0 Å². The van der Waals surface area contributed by atoms with Crippen LogP contribution in [-0.2, 0) is 4.74 Å². The molecule has 1 aliphatic heterocycles. The van der Waals surface area contributed by atoms with Crippen molar-refractivity contribution >= 4 is 28.4 Å². The molecule has 0 amide bonds. The molecule has 2 aromatic rings. The average Bonchev–Trinajstić information content (AvgIpc) is 2.50. The van der Waals surface area contributed by atoms with Crippen molar-refractivity contribution < 1.29 is 13.9 Å². The summed E-state index contributed by atoms with van der Waals surface area (Å²) in [6.45, 7) is 5.69. The highest BCUT2D eigenvalue weighted by Gasteiger charge is 2.23. The Kier molecular flexibility index (Phi) is 5.01. The Morgan fingerprint density at radius 3 is 2.57 bits per heavy atom. The van der Waals surface area contributed by atoms with Crippen LogP contribution >= 0.6 is 22.6 Å². The van der Waals surface area contributed by atoms with Crippen molar-refractivity contribution in [2.45, 2.75) is 26.1 Å². The van der Waals surface area contributed by atoms with E-state index >= 15 is 0 Å². The Morgan fingerprint density at radius 1 is 1.17 bits per heavy atom. The summed E-state index contributed by atoms with van der Waals surface area (Å²) in [5, 5.41) is 0. The van der Waals surface area contributed by atoms with E-state index in [0.29, 0.717) is 15.1 Å². The predicted octanol–water partition coefficient (Wildman–Crippen LogP) is 4.23. The summed E-state index contributed by atoms with van der Waals surface area (Å²) >= 11 is 1.95. The molecule has 6 heteroatoms. The van der Waals surface area contributed by atoms with Crippen LogP contribution in [0.2, 0.25) is 0 Å². The van der Waals surface area contributed by atoms with E-state index in [0.717, 1.165) is 18.9 Å². The molecule has 1 aliphatic rings. The number of ether oxygens (including phenoxy) is 2. The van der Waals surface area contributed by atoms with Gasteiger partial charge in [-0.15, -0.1) is 0 Å². The molecule has 2 atom stereocenters. The van der Waals surface area contributed by atoms with E-state index in [1.807, 2.05) is 28.7 Å². The summed E-state index contributed by atoms with van der Waals surface area (Å²) in [6.07, 6.45) is 2.03. The van der Waals surface area contributed by atoms with Crippen molar-refractivity contribution in [1.29, 1.82) is 0 Å². The molecule has 0 saturated carbocycles. The fraction of sp³-hybridized carbons (Fsp3) is 0.353. The predicted molar refractivity (Wildman–Crippen MR) is 95.7 cm³/mol. The number of aromatic nitrogens is 1. The van der Waals surface area contributed by atoms with Gasteiger partial charge in [0.15, 0.2) is 0 Å². The SMILES string of the molecule is CC1CN(c2cc(Oc3ccc(I)c(F)c3)ccn2)CC(C)O1. The van der Waals surface area contributed by atoms with Crippen molar-refractivity contribution in [3.63, 3.8) is 0 Å². The summed E-state index contributed by atoms with van der Waals surface area (Å²) in [5.41, 5.74) is 0. The molecule has 0 N–H and O–H groups in total. The highest BCUT2D eigenvalue weighted by Crippen LogP contribution is 2.27. The first kappa shape index (κ1) is 16.4. The number of anilines is 1. The van der Waals surface area contributed by atoms with Crippen molar-refractivity contribution in [1.82, 2.24) is 4.98 Å². The van der Waals surface area contributed by atoms with Crippen LogP contribution in [0.25, 0.3) is 0 Å². The number of morpholine rings is 1. The average molecular weight is 428 g/mol. The van der Waals surface area contributed by atoms with Gasteiger partial charge in [-0.1, -0.05) is 0 Å². The molecule has 0 radical (unpaired) electrons. The maximum absolute atomic E-state index is 13.6. The van der Waals surface area contributed by atoms with Crippen LogP contribution in [-0.4, -0.2) is 30.3 Å². The third kappa shape index (κ3) is 4.11. The summed E-state index contributed by atoms with van der Waals surface area (Å²) in [5.74, 6) is 1.68. The molecule has 122 valence electrons. The largest absolute Gasteiger partial charge is 0.457 e. The quantitative estimate of drug-likeness (QED) is 0.686. The molecule has 2 heterocycles. The summed E-state index contributed by atoms with van der Waals surface area (Å²) in [6, 6.07) is 8.48. The maximum atomic E-state index is 13.6. The molecule has 2 unspecified atom stereocenters. The van der Waals surface area contributed by atoms with Gasteiger partial charge >= 0.3 is 0 Å². The van der Waals surface area contributed by atoms with Crippen LogP contribution in [0.3, 0.4) is 0 Å². The number of rotatable bonds is 3. The zero-order chi connectivity index (χ0) is 16.4. The van der Waals surface area contributed by atoms with Crippen LogP contribution in [0.5, 0.6) is 11.5 Å². The van der Waals surface area contributed by atoms with Crippen LogP contribution in [0, 0.1) is 9.39 Å². The van der Waals surface area contributed by atoms with E-state index in [1.165, 1.54) is 6.07 Å². The Hall–Kier alpha value is -1.41. The lowest BCUT2D eigenvalue weighted by Gasteiger charge is -2.36. The summed E-state index contributed by atoms with van der Waals surface area (Å²) in [7, 11) is 0. The standard InChI is InChI=1S/C17H18FIN2O2/c1-11-9-21(10-12(2)22-11)17-8-14(5-6-20-17)23-13-3-4-16(19)15(18)7-13/h3-8,11-12H,9-10H2,1-2H3. The Bertz CT molecular complexity index is 688. The van der Waals surface area contributed by atoms with Gasteiger partial charge in [-0.25, -0.2) is 9.37 Å². The van der Waals surface area contributed by atoms with E-state index in [2.05, 4.69) is 23.7 Å². The Balaban J connectivity index is 1.78. The number of benzene rings is 1. The minimum atomic E-state index is -0.284. The van der Waals surface area contributed by atoms with Crippen LogP contribution in [0.1, 0.15) is 13.8 Å². The fourth-order valence-electron chi connectivity index (χ4n) is 2.68. The molecule has 1 aromatic heterocycles. The van der Waals surface area contributed by atoms with Gasteiger partial charge in [0.05, 0.1) is 12.2 Å². The molecule has 1 saturated heterocycles. The smallest absolute Gasteiger partial charge is 0.140 e. The van der Waals surface area contributed by atoms with Crippen molar-refractivity contribution in [3.8, 4) is 11.5 Å². The fourth-order valence-corrected chi connectivity index (χ4v) is 3.01. The second kappa shape index (κ2) is 7.00. The van der Waals surface area contributed by atoms with Gasteiger partial charge in [0, 0.05) is 35.0 Å². The molecular weight excluding hydrogens is 410 g/mol. The van der Waals surface area contributed by atoms with E-state index in [4.69, 9.17) is 9.47 Å². The third-order valence-corrected chi connectivity index (χ3v) is 4.46. The van der Waals surface area contributed by atoms with Gasteiger partial charge in [-0.3, -0.25) is 0 Å². The molecular formula is C17H18FIN2O2. The van der Waals surface area contributed by atoms with Gasteiger partial charge in [0.2, 0.25) is 0 Å². The first-order chi connectivity index (χ1) is 11.0. The number of pyridine rings is 1.